The maximum atomic E-state index is 12.8. The maximum absolute atomic E-state index is 12.8. The molecule has 0 saturated carbocycles. The van der Waals surface area contributed by atoms with Gasteiger partial charge in [-0.1, -0.05) is 23.2 Å². The molecule has 1 N–H and O–H groups in total. The molecule has 0 spiro atoms. The summed E-state index contributed by atoms with van der Waals surface area (Å²) in [5.41, 5.74) is 0.940. The van der Waals surface area contributed by atoms with Gasteiger partial charge in [-0.2, -0.15) is 5.26 Å². The fraction of sp³-hybridized carbons (Fsp3) is 0.250. The summed E-state index contributed by atoms with van der Waals surface area (Å²) in [6, 6.07) is 12.7. The lowest BCUT2D eigenvalue weighted by Crippen LogP contribution is -2.43. The molecular formula is C20H17Cl2N3O3. The molecule has 0 aliphatic carbocycles. The van der Waals surface area contributed by atoms with Crippen molar-refractivity contribution in [2.24, 2.45) is 0 Å². The predicted octanol–water partition coefficient (Wildman–Crippen LogP) is 4.14. The van der Waals surface area contributed by atoms with Crippen molar-refractivity contribution >= 4 is 40.7 Å². The van der Waals surface area contributed by atoms with Gasteiger partial charge in [0.25, 0.3) is 5.91 Å². The minimum absolute atomic E-state index is 0.0433. The van der Waals surface area contributed by atoms with Gasteiger partial charge in [0, 0.05) is 27.8 Å². The molecule has 144 valence electrons. The van der Waals surface area contributed by atoms with Crippen LogP contribution in [-0.4, -0.2) is 35.9 Å². The topological polar surface area (TPSA) is 82.4 Å². The summed E-state index contributed by atoms with van der Waals surface area (Å²) in [5.74, 6) is 0.00187. The van der Waals surface area contributed by atoms with Gasteiger partial charge >= 0.3 is 0 Å². The van der Waals surface area contributed by atoms with Crippen molar-refractivity contribution in [1.82, 2.24) is 4.90 Å². The molecule has 1 saturated heterocycles. The zero-order valence-corrected chi connectivity index (χ0v) is 16.3. The van der Waals surface area contributed by atoms with E-state index in [1.54, 1.807) is 47.4 Å². The molecule has 2 amide bonds. The molecule has 2 aromatic rings. The van der Waals surface area contributed by atoms with Crippen LogP contribution < -0.4 is 10.1 Å². The molecule has 0 radical (unpaired) electrons. The van der Waals surface area contributed by atoms with Crippen molar-refractivity contribution in [2.75, 3.05) is 18.5 Å². The number of halogens is 2. The molecule has 0 aromatic heterocycles. The SMILES string of the molecule is N#CCOc1ccc(NC(=O)C2CCCN2C(=O)c2cc(Cl)cc(Cl)c2)cc1. The van der Waals surface area contributed by atoms with Crippen molar-refractivity contribution in [3.05, 3.63) is 58.1 Å². The summed E-state index contributed by atoms with van der Waals surface area (Å²) < 4.78 is 5.18. The molecule has 1 aliphatic rings. The lowest BCUT2D eigenvalue weighted by atomic mass is 10.1. The lowest BCUT2D eigenvalue weighted by Gasteiger charge is -2.24. The van der Waals surface area contributed by atoms with Crippen LogP contribution in [0.3, 0.4) is 0 Å². The third-order valence-electron chi connectivity index (χ3n) is 4.35. The van der Waals surface area contributed by atoms with E-state index in [1.807, 2.05) is 6.07 Å². The highest BCUT2D eigenvalue weighted by atomic mass is 35.5. The fourth-order valence-electron chi connectivity index (χ4n) is 3.10. The molecule has 28 heavy (non-hydrogen) atoms. The maximum Gasteiger partial charge on any atom is 0.254 e. The summed E-state index contributed by atoms with van der Waals surface area (Å²) in [6.45, 7) is 0.445. The number of anilines is 1. The number of carbonyl (C=O) groups is 2. The van der Waals surface area contributed by atoms with E-state index in [9.17, 15) is 9.59 Å². The smallest absolute Gasteiger partial charge is 0.254 e. The molecule has 1 unspecified atom stereocenters. The first-order valence-electron chi connectivity index (χ1n) is 8.65. The monoisotopic (exact) mass is 417 g/mol. The first kappa shape index (κ1) is 20.0. The number of carbonyl (C=O) groups excluding carboxylic acids is 2. The number of nitrogens with zero attached hydrogens (tertiary/aromatic N) is 2. The Balaban J connectivity index is 1.69. The fourth-order valence-corrected chi connectivity index (χ4v) is 3.63. The number of amides is 2. The average molecular weight is 418 g/mol. The average Bonchev–Trinajstić information content (AvgIpc) is 3.16. The van der Waals surface area contributed by atoms with E-state index in [2.05, 4.69) is 5.32 Å². The number of hydrogen-bond acceptors (Lipinski definition) is 4. The van der Waals surface area contributed by atoms with Gasteiger partial charge in [0.1, 0.15) is 17.9 Å². The Kier molecular flexibility index (Phi) is 6.40. The number of hydrogen-bond donors (Lipinski definition) is 1. The Morgan fingerprint density at radius 2 is 1.86 bits per heavy atom. The Bertz CT molecular complexity index is 905. The van der Waals surface area contributed by atoms with Crippen LogP contribution in [0.5, 0.6) is 5.75 Å². The highest BCUT2D eigenvalue weighted by Gasteiger charge is 2.34. The number of nitriles is 1. The van der Waals surface area contributed by atoms with E-state index < -0.39 is 6.04 Å². The van der Waals surface area contributed by atoms with Crippen molar-refractivity contribution in [1.29, 1.82) is 5.26 Å². The molecule has 1 aliphatic heterocycles. The number of benzene rings is 2. The van der Waals surface area contributed by atoms with Crippen LogP contribution in [0.2, 0.25) is 10.0 Å². The van der Waals surface area contributed by atoms with Crippen LogP contribution in [0.1, 0.15) is 23.2 Å². The van der Waals surface area contributed by atoms with Gasteiger partial charge in [0.2, 0.25) is 5.91 Å². The standard InChI is InChI=1S/C20H17Cl2N3O3/c21-14-10-13(11-15(22)12-14)20(27)25-8-1-2-18(25)19(26)24-16-3-5-17(6-4-16)28-9-7-23/h3-6,10-12,18H,1-2,8-9H2,(H,24,26). The van der Waals surface area contributed by atoms with Gasteiger partial charge < -0.3 is 15.0 Å². The molecule has 2 aromatic carbocycles. The first-order chi connectivity index (χ1) is 13.5. The molecule has 6 nitrogen and oxygen atoms in total. The van der Waals surface area contributed by atoms with Crippen LogP contribution in [-0.2, 0) is 4.79 Å². The molecule has 0 bridgehead atoms. The number of nitrogens with one attached hydrogen (secondary N) is 1. The second-order valence-electron chi connectivity index (χ2n) is 6.28. The molecule has 1 atom stereocenters. The van der Waals surface area contributed by atoms with Gasteiger partial charge in [-0.05, 0) is 55.3 Å². The number of ether oxygens (including phenoxy) is 1. The second kappa shape index (κ2) is 8.96. The van der Waals surface area contributed by atoms with E-state index in [0.717, 1.165) is 6.42 Å². The third kappa shape index (κ3) is 4.75. The minimum atomic E-state index is -0.570. The summed E-state index contributed by atoms with van der Waals surface area (Å²) >= 11 is 12.0. The van der Waals surface area contributed by atoms with Crippen molar-refractivity contribution in [3.8, 4) is 11.8 Å². The van der Waals surface area contributed by atoms with Gasteiger partial charge in [-0.3, -0.25) is 9.59 Å². The Hall–Kier alpha value is -2.75. The van der Waals surface area contributed by atoms with Crippen LogP contribution >= 0.6 is 23.2 Å². The van der Waals surface area contributed by atoms with E-state index >= 15 is 0 Å². The quantitative estimate of drug-likeness (QED) is 0.792. The molecule has 1 heterocycles. The van der Waals surface area contributed by atoms with Crippen LogP contribution in [0.25, 0.3) is 0 Å². The molecule has 3 rings (SSSR count). The third-order valence-corrected chi connectivity index (χ3v) is 4.79. The van der Waals surface area contributed by atoms with Crippen LogP contribution in [0.15, 0.2) is 42.5 Å². The number of likely N-dealkylation sites (tertiary alicyclic amines) is 1. The Labute approximate surface area is 172 Å². The van der Waals surface area contributed by atoms with Gasteiger partial charge in [-0.25, -0.2) is 0 Å². The van der Waals surface area contributed by atoms with Crippen molar-refractivity contribution < 1.29 is 14.3 Å². The first-order valence-corrected chi connectivity index (χ1v) is 9.41. The summed E-state index contributed by atoms with van der Waals surface area (Å²) in [5, 5.41) is 12.1. The lowest BCUT2D eigenvalue weighted by molar-refractivity contribution is -0.119. The Morgan fingerprint density at radius 3 is 2.50 bits per heavy atom. The zero-order chi connectivity index (χ0) is 20.1. The normalized spacial score (nSPS) is 15.8. The molecular weight excluding hydrogens is 401 g/mol. The summed E-state index contributed by atoms with van der Waals surface area (Å²) in [6.07, 6.45) is 1.31. The highest BCUT2D eigenvalue weighted by molar-refractivity contribution is 6.35. The number of rotatable bonds is 5. The summed E-state index contributed by atoms with van der Waals surface area (Å²) in [4.78, 5) is 27.1. The Morgan fingerprint density at radius 1 is 1.18 bits per heavy atom. The van der Waals surface area contributed by atoms with Gasteiger partial charge in [0.15, 0.2) is 6.61 Å². The minimum Gasteiger partial charge on any atom is -0.479 e. The van der Waals surface area contributed by atoms with Crippen molar-refractivity contribution in [2.45, 2.75) is 18.9 Å². The van der Waals surface area contributed by atoms with E-state index in [-0.39, 0.29) is 18.4 Å². The molecule has 8 heteroatoms. The van der Waals surface area contributed by atoms with E-state index in [0.29, 0.717) is 40.0 Å². The van der Waals surface area contributed by atoms with E-state index in [4.69, 9.17) is 33.2 Å². The zero-order valence-electron chi connectivity index (χ0n) is 14.8. The van der Waals surface area contributed by atoms with Crippen LogP contribution in [0.4, 0.5) is 5.69 Å². The summed E-state index contributed by atoms with van der Waals surface area (Å²) in [7, 11) is 0. The van der Waals surface area contributed by atoms with Crippen LogP contribution in [0, 0.1) is 11.3 Å². The second-order valence-corrected chi connectivity index (χ2v) is 7.15. The van der Waals surface area contributed by atoms with Crippen molar-refractivity contribution in [3.63, 3.8) is 0 Å². The van der Waals surface area contributed by atoms with Gasteiger partial charge in [-0.15, -0.1) is 0 Å². The van der Waals surface area contributed by atoms with Gasteiger partial charge in [0.05, 0.1) is 0 Å². The molecule has 1 fully saturated rings. The predicted molar refractivity (Wildman–Crippen MR) is 107 cm³/mol. The van der Waals surface area contributed by atoms with E-state index in [1.165, 1.54) is 0 Å². The largest absolute Gasteiger partial charge is 0.479 e. The highest BCUT2D eigenvalue weighted by Crippen LogP contribution is 2.25.